The van der Waals surface area contributed by atoms with Gasteiger partial charge in [0.2, 0.25) is 0 Å². The number of nitrogens with zero attached hydrogens (tertiary/aromatic N) is 3. The maximum Gasteiger partial charge on any atom is 0.271 e. The number of benzene rings is 1. The van der Waals surface area contributed by atoms with Crippen LogP contribution in [0.1, 0.15) is 39.4 Å². The van der Waals surface area contributed by atoms with Gasteiger partial charge in [0.1, 0.15) is 34.5 Å². The number of carbonyl (C=O) groups excluding carboxylic acids is 1. The van der Waals surface area contributed by atoms with E-state index in [9.17, 15) is 18.7 Å². The summed E-state index contributed by atoms with van der Waals surface area (Å²) in [5, 5.41) is 15.3. The molecule has 4 aromatic rings. The molecule has 0 fully saturated rings. The molecular formula is C23H22F2N4O3S. The van der Waals surface area contributed by atoms with Gasteiger partial charge in [-0.1, -0.05) is 6.07 Å². The summed E-state index contributed by atoms with van der Waals surface area (Å²) in [5.41, 5.74) is 0.522. The van der Waals surface area contributed by atoms with E-state index in [0.717, 1.165) is 17.8 Å². The van der Waals surface area contributed by atoms with Crippen molar-refractivity contribution in [1.82, 2.24) is 19.7 Å². The molecule has 0 aliphatic rings. The monoisotopic (exact) mass is 472 g/mol. The summed E-state index contributed by atoms with van der Waals surface area (Å²) < 4.78 is 35.1. The molecule has 3 heterocycles. The summed E-state index contributed by atoms with van der Waals surface area (Å²) in [6, 6.07) is 6.86. The number of aliphatic hydroxyl groups excluding tert-OH is 1. The fourth-order valence-corrected chi connectivity index (χ4v) is 4.35. The van der Waals surface area contributed by atoms with Crippen molar-refractivity contribution < 1.29 is 23.4 Å². The van der Waals surface area contributed by atoms with E-state index in [4.69, 9.17) is 4.74 Å². The van der Waals surface area contributed by atoms with Gasteiger partial charge in [0.05, 0.1) is 17.9 Å². The Labute approximate surface area is 192 Å². The number of aryl methyl sites for hydroxylation is 2. The second kappa shape index (κ2) is 8.87. The zero-order valence-electron chi connectivity index (χ0n) is 18.2. The Bertz CT molecular complexity index is 1320. The van der Waals surface area contributed by atoms with Gasteiger partial charge in [0.25, 0.3) is 5.91 Å². The molecule has 1 unspecified atom stereocenters. The summed E-state index contributed by atoms with van der Waals surface area (Å²) in [4.78, 5) is 22.1. The van der Waals surface area contributed by atoms with Crippen LogP contribution >= 0.6 is 11.3 Å². The lowest BCUT2D eigenvalue weighted by molar-refractivity contribution is 0.0842. The number of carbonyl (C=O) groups is 1. The molecule has 0 aliphatic carbocycles. The number of thiazole rings is 1. The molecule has 1 aromatic carbocycles. The topological polar surface area (TPSA) is 88.8 Å². The van der Waals surface area contributed by atoms with Crippen LogP contribution in [0.4, 0.5) is 8.78 Å². The van der Waals surface area contributed by atoms with Crippen molar-refractivity contribution in [2.24, 2.45) is 0 Å². The van der Waals surface area contributed by atoms with Crippen molar-refractivity contribution in [2.45, 2.75) is 32.9 Å². The lowest BCUT2D eigenvalue weighted by atomic mass is 10.0. The van der Waals surface area contributed by atoms with Crippen molar-refractivity contribution >= 4 is 22.9 Å². The van der Waals surface area contributed by atoms with Gasteiger partial charge in [-0.05, 0) is 45.0 Å². The van der Waals surface area contributed by atoms with Crippen molar-refractivity contribution in [2.75, 3.05) is 6.61 Å². The number of aromatic nitrogens is 3. The SMILES string of the molecule is Cc1csc(C(C)(CO)NC(=O)c2c(C)nc3c(OCc4c(F)cccc4F)cccn23)n1. The molecule has 172 valence electrons. The maximum absolute atomic E-state index is 14.0. The third kappa shape index (κ3) is 4.31. The second-order valence-electron chi connectivity index (χ2n) is 7.84. The number of pyridine rings is 1. The normalized spacial score (nSPS) is 13.2. The van der Waals surface area contributed by atoms with E-state index >= 15 is 0 Å². The van der Waals surface area contributed by atoms with Gasteiger partial charge in [-0.25, -0.2) is 18.7 Å². The summed E-state index contributed by atoms with van der Waals surface area (Å²) in [6.07, 6.45) is 1.64. The number of hydrogen-bond acceptors (Lipinski definition) is 6. The standard InChI is InChI=1S/C23H22F2N4O3S/c1-13-11-33-22(26-13)23(3,12-30)28-21(31)19-14(2)27-20-18(8-5-9-29(19)20)32-10-15-16(24)6-4-7-17(15)25/h4-9,11,30H,10,12H2,1-3H3,(H,28,31). The van der Waals surface area contributed by atoms with Crippen molar-refractivity contribution in [3.63, 3.8) is 0 Å². The van der Waals surface area contributed by atoms with E-state index in [0.29, 0.717) is 16.3 Å². The number of imidazole rings is 1. The van der Waals surface area contributed by atoms with E-state index in [-0.39, 0.29) is 30.2 Å². The highest BCUT2D eigenvalue weighted by Crippen LogP contribution is 2.27. The van der Waals surface area contributed by atoms with Crippen molar-refractivity contribution in [1.29, 1.82) is 0 Å². The van der Waals surface area contributed by atoms with Gasteiger partial charge in [-0.15, -0.1) is 11.3 Å². The maximum atomic E-state index is 14.0. The highest BCUT2D eigenvalue weighted by atomic mass is 32.1. The van der Waals surface area contributed by atoms with E-state index in [1.807, 2.05) is 12.3 Å². The number of rotatable bonds is 7. The molecule has 0 spiro atoms. The summed E-state index contributed by atoms with van der Waals surface area (Å²) in [5.74, 6) is -1.60. The van der Waals surface area contributed by atoms with E-state index in [1.165, 1.54) is 17.4 Å². The highest BCUT2D eigenvalue weighted by molar-refractivity contribution is 7.09. The second-order valence-corrected chi connectivity index (χ2v) is 8.70. The Hall–Kier alpha value is -3.37. The van der Waals surface area contributed by atoms with Crippen LogP contribution in [-0.2, 0) is 12.1 Å². The molecule has 1 amide bonds. The third-order valence-corrected chi connectivity index (χ3v) is 6.46. The van der Waals surface area contributed by atoms with Gasteiger partial charge in [0.15, 0.2) is 11.4 Å². The predicted molar refractivity (Wildman–Crippen MR) is 119 cm³/mol. The number of ether oxygens (including phenoxy) is 1. The fourth-order valence-electron chi connectivity index (χ4n) is 3.44. The molecule has 1 atom stereocenters. The minimum atomic E-state index is -1.08. The van der Waals surface area contributed by atoms with E-state index in [2.05, 4.69) is 15.3 Å². The Kier molecular flexibility index (Phi) is 6.13. The van der Waals surface area contributed by atoms with Gasteiger partial charge in [-0.2, -0.15) is 0 Å². The van der Waals surface area contributed by atoms with Crippen molar-refractivity contribution in [3.05, 3.63) is 81.2 Å². The average Bonchev–Trinajstić information content (AvgIpc) is 3.36. The Morgan fingerprint density at radius 1 is 1.21 bits per heavy atom. The van der Waals surface area contributed by atoms with Crippen molar-refractivity contribution in [3.8, 4) is 5.75 Å². The zero-order valence-corrected chi connectivity index (χ0v) is 19.0. The minimum Gasteiger partial charge on any atom is -0.485 e. The van der Waals surface area contributed by atoms with Crippen LogP contribution in [-0.4, -0.2) is 32.0 Å². The average molecular weight is 473 g/mol. The molecule has 33 heavy (non-hydrogen) atoms. The number of hydrogen-bond donors (Lipinski definition) is 2. The largest absolute Gasteiger partial charge is 0.485 e. The Morgan fingerprint density at radius 2 is 1.94 bits per heavy atom. The zero-order chi connectivity index (χ0) is 23.8. The van der Waals surface area contributed by atoms with Crippen LogP contribution in [0, 0.1) is 25.5 Å². The number of nitrogens with one attached hydrogen (secondary N) is 1. The Morgan fingerprint density at radius 3 is 2.58 bits per heavy atom. The smallest absolute Gasteiger partial charge is 0.271 e. The quantitative estimate of drug-likeness (QED) is 0.426. The van der Waals surface area contributed by atoms with Crippen LogP contribution in [0.25, 0.3) is 5.65 Å². The van der Waals surface area contributed by atoms with Crippen LogP contribution < -0.4 is 10.1 Å². The molecule has 3 aromatic heterocycles. The molecule has 0 aliphatic heterocycles. The van der Waals surface area contributed by atoms with Crippen LogP contribution in [0.3, 0.4) is 0 Å². The first-order valence-electron chi connectivity index (χ1n) is 10.1. The molecule has 2 N–H and O–H groups in total. The first-order valence-corrected chi connectivity index (χ1v) is 11.0. The summed E-state index contributed by atoms with van der Waals surface area (Å²) in [6.45, 7) is 4.52. The molecule has 10 heteroatoms. The van der Waals surface area contributed by atoms with Gasteiger partial charge in [0, 0.05) is 17.3 Å². The number of amides is 1. The fraction of sp³-hybridized carbons (Fsp3) is 0.261. The van der Waals surface area contributed by atoms with Crippen LogP contribution in [0.2, 0.25) is 0 Å². The lowest BCUT2D eigenvalue weighted by Crippen LogP contribution is -2.46. The molecule has 4 rings (SSSR count). The van der Waals surface area contributed by atoms with E-state index in [1.54, 1.807) is 36.6 Å². The van der Waals surface area contributed by atoms with Crippen LogP contribution in [0.15, 0.2) is 41.9 Å². The predicted octanol–water partition coefficient (Wildman–Crippen LogP) is 3.90. The summed E-state index contributed by atoms with van der Waals surface area (Å²) in [7, 11) is 0. The van der Waals surface area contributed by atoms with E-state index < -0.39 is 23.1 Å². The Balaban J connectivity index is 1.64. The molecule has 0 bridgehead atoms. The van der Waals surface area contributed by atoms with Gasteiger partial charge >= 0.3 is 0 Å². The first kappa shape index (κ1) is 22.8. The van der Waals surface area contributed by atoms with Gasteiger partial charge < -0.3 is 15.2 Å². The summed E-state index contributed by atoms with van der Waals surface area (Å²) >= 11 is 1.35. The number of halogens is 2. The van der Waals surface area contributed by atoms with Gasteiger partial charge in [-0.3, -0.25) is 9.20 Å². The first-order chi connectivity index (χ1) is 15.7. The highest BCUT2D eigenvalue weighted by Gasteiger charge is 2.33. The minimum absolute atomic E-state index is 0.196. The number of aliphatic hydroxyl groups is 1. The molecule has 0 saturated heterocycles. The lowest BCUT2D eigenvalue weighted by Gasteiger charge is -2.26. The third-order valence-electron chi connectivity index (χ3n) is 5.23. The molecule has 0 radical (unpaired) electrons. The van der Waals surface area contributed by atoms with Crippen LogP contribution in [0.5, 0.6) is 5.75 Å². The molecule has 7 nitrogen and oxygen atoms in total. The molecule has 0 saturated carbocycles. The number of fused-ring (bicyclic) bond motifs is 1. The molecular weight excluding hydrogens is 450 g/mol.